The van der Waals surface area contributed by atoms with Crippen molar-refractivity contribution in [1.82, 2.24) is 0 Å². The first kappa shape index (κ1) is 26.2. The number of aliphatic hydroxyl groups is 2. The van der Waals surface area contributed by atoms with Gasteiger partial charge in [-0.3, -0.25) is 9.59 Å². The van der Waals surface area contributed by atoms with Crippen LogP contribution < -0.4 is 0 Å². The number of carbonyl (C=O) groups is 2. The maximum atomic E-state index is 11.1. The molecule has 0 aliphatic carbocycles. The molecule has 21 heavy (non-hydrogen) atoms. The Morgan fingerprint density at radius 2 is 1.33 bits per heavy atom. The molecule has 0 aliphatic rings. The van der Waals surface area contributed by atoms with E-state index in [0.29, 0.717) is 11.5 Å². The van der Waals surface area contributed by atoms with Crippen LogP contribution in [0.25, 0.3) is 0 Å². The van der Waals surface area contributed by atoms with Crippen LogP contribution in [0.3, 0.4) is 0 Å². The molecule has 0 unspecified atom stereocenters. The molecule has 7 heteroatoms. The van der Waals surface area contributed by atoms with Crippen molar-refractivity contribution in [3.05, 3.63) is 0 Å². The SMILES string of the molecule is CC(C)(C)C(=O)Cl.CC(C)(C)C(=O)SCCO.OCCS. The molecule has 0 saturated carbocycles. The van der Waals surface area contributed by atoms with Gasteiger partial charge in [0.2, 0.25) is 5.24 Å². The minimum Gasteiger partial charge on any atom is -0.396 e. The fraction of sp³-hybridized carbons (Fsp3) is 0.857. The van der Waals surface area contributed by atoms with Gasteiger partial charge in [-0.1, -0.05) is 53.3 Å². The second-order valence-corrected chi connectivity index (χ2v) is 7.94. The minimum absolute atomic E-state index is 0.0759. The number of rotatable bonds is 3. The largest absolute Gasteiger partial charge is 0.396 e. The molecule has 4 nitrogen and oxygen atoms in total. The Morgan fingerprint density at radius 1 is 1.00 bits per heavy atom. The molecule has 0 atom stereocenters. The summed E-state index contributed by atoms with van der Waals surface area (Å²) in [6.45, 7) is 11.2. The number of hydrogen-bond donors (Lipinski definition) is 3. The Bertz CT molecular complexity index is 282. The minimum atomic E-state index is -0.373. The first-order valence-electron chi connectivity index (χ1n) is 6.54. The summed E-state index contributed by atoms with van der Waals surface area (Å²) < 4.78 is 0. The van der Waals surface area contributed by atoms with Crippen LogP contribution in [-0.2, 0) is 9.59 Å². The van der Waals surface area contributed by atoms with Crippen LogP contribution in [0.5, 0.6) is 0 Å². The lowest BCUT2D eigenvalue weighted by Gasteiger charge is -2.14. The van der Waals surface area contributed by atoms with Crippen molar-refractivity contribution >= 4 is 46.3 Å². The van der Waals surface area contributed by atoms with Crippen LogP contribution >= 0.6 is 36.0 Å². The average molecular weight is 361 g/mol. The van der Waals surface area contributed by atoms with Gasteiger partial charge in [0.15, 0.2) is 5.12 Å². The number of hydrogen-bond acceptors (Lipinski definition) is 6. The highest BCUT2D eigenvalue weighted by Crippen LogP contribution is 2.22. The van der Waals surface area contributed by atoms with Gasteiger partial charge in [-0.25, -0.2) is 0 Å². The topological polar surface area (TPSA) is 74.6 Å². The van der Waals surface area contributed by atoms with E-state index in [2.05, 4.69) is 12.6 Å². The zero-order valence-corrected chi connectivity index (χ0v) is 16.2. The van der Waals surface area contributed by atoms with E-state index in [4.69, 9.17) is 21.8 Å². The molecule has 0 heterocycles. The van der Waals surface area contributed by atoms with Crippen LogP contribution in [0.2, 0.25) is 0 Å². The second kappa shape index (κ2) is 13.9. The lowest BCUT2D eigenvalue weighted by Crippen LogP contribution is -2.17. The van der Waals surface area contributed by atoms with Crippen molar-refractivity contribution in [2.75, 3.05) is 24.7 Å². The van der Waals surface area contributed by atoms with Crippen LogP contribution in [0, 0.1) is 10.8 Å². The Morgan fingerprint density at radius 3 is 1.48 bits per heavy atom. The van der Waals surface area contributed by atoms with Gasteiger partial charge < -0.3 is 10.2 Å². The number of carbonyl (C=O) groups excluding carboxylic acids is 2. The van der Waals surface area contributed by atoms with Gasteiger partial charge in [0.25, 0.3) is 0 Å². The summed E-state index contributed by atoms with van der Waals surface area (Å²) in [5, 5.41) is 16.1. The van der Waals surface area contributed by atoms with E-state index in [1.807, 2.05) is 20.8 Å². The Kier molecular flexibility index (Phi) is 17.3. The highest BCUT2D eigenvalue weighted by atomic mass is 35.5. The van der Waals surface area contributed by atoms with Crippen LogP contribution in [-0.4, -0.2) is 45.3 Å². The summed E-state index contributed by atoms with van der Waals surface area (Å²) in [7, 11) is 0. The van der Waals surface area contributed by atoms with E-state index >= 15 is 0 Å². The van der Waals surface area contributed by atoms with Gasteiger partial charge in [-0.15, -0.1) is 0 Å². The zero-order valence-electron chi connectivity index (χ0n) is 13.8. The van der Waals surface area contributed by atoms with E-state index < -0.39 is 0 Å². The molecule has 0 bridgehead atoms. The van der Waals surface area contributed by atoms with Crippen molar-refractivity contribution in [2.24, 2.45) is 10.8 Å². The van der Waals surface area contributed by atoms with E-state index in [1.165, 1.54) is 11.8 Å². The molecule has 0 aliphatic heterocycles. The van der Waals surface area contributed by atoms with Crippen molar-refractivity contribution in [3.8, 4) is 0 Å². The van der Waals surface area contributed by atoms with Gasteiger partial charge >= 0.3 is 0 Å². The molecular weight excluding hydrogens is 332 g/mol. The number of aliphatic hydroxyl groups excluding tert-OH is 2. The van der Waals surface area contributed by atoms with E-state index in [-0.39, 0.29) is 34.4 Å². The third-order valence-corrected chi connectivity index (χ3v) is 3.65. The molecule has 2 N–H and O–H groups in total. The van der Waals surface area contributed by atoms with Gasteiger partial charge in [-0.2, -0.15) is 12.6 Å². The molecule has 0 aromatic rings. The Balaban J connectivity index is -0.000000256. The highest BCUT2D eigenvalue weighted by Gasteiger charge is 2.20. The van der Waals surface area contributed by atoms with Crippen LogP contribution in [0.4, 0.5) is 0 Å². The van der Waals surface area contributed by atoms with Crippen LogP contribution in [0.1, 0.15) is 41.5 Å². The first-order chi connectivity index (χ1) is 9.34. The smallest absolute Gasteiger partial charge is 0.226 e. The molecule has 0 saturated heterocycles. The van der Waals surface area contributed by atoms with Crippen molar-refractivity contribution in [1.29, 1.82) is 0 Å². The summed E-state index contributed by atoms with van der Waals surface area (Å²) >= 11 is 9.98. The quantitative estimate of drug-likeness (QED) is 0.533. The summed E-state index contributed by atoms with van der Waals surface area (Å²) in [6, 6.07) is 0. The Labute approximate surface area is 143 Å². The summed E-state index contributed by atoms with van der Waals surface area (Å²) in [6.07, 6.45) is 0. The predicted molar refractivity (Wildman–Crippen MR) is 95.3 cm³/mol. The Hall–Kier alpha value is 0.250. The van der Waals surface area contributed by atoms with Crippen molar-refractivity contribution in [3.63, 3.8) is 0 Å². The third kappa shape index (κ3) is 22.7. The summed E-state index contributed by atoms with van der Waals surface area (Å²) in [5.74, 6) is 1.08. The summed E-state index contributed by atoms with van der Waals surface area (Å²) in [5.41, 5.74) is -0.651. The predicted octanol–water partition coefficient (Wildman–Crippen LogP) is 2.99. The van der Waals surface area contributed by atoms with Crippen LogP contribution in [0.15, 0.2) is 0 Å². The molecule has 0 rings (SSSR count). The lowest BCUT2D eigenvalue weighted by atomic mass is 10.00. The molecule has 0 amide bonds. The molecule has 0 fully saturated rings. The number of thioether (sulfide) groups is 1. The third-order valence-electron chi connectivity index (χ3n) is 1.63. The lowest BCUT2D eigenvalue weighted by molar-refractivity contribution is -0.118. The molecule has 128 valence electrons. The van der Waals surface area contributed by atoms with Gasteiger partial charge in [-0.05, 0) is 11.6 Å². The number of halogens is 1. The first-order valence-corrected chi connectivity index (χ1v) is 8.53. The summed E-state index contributed by atoms with van der Waals surface area (Å²) in [4.78, 5) is 21.3. The van der Waals surface area contributed by atoms with E-state index in [1.54, 1.807) is 20.8 Å². The standard InChI is InChI=1S/C7H14O2S.C5H9ClO.C2H6OS/c1-7(2,3)6(9)10-5-4-8;1-5(2,3)4(6)7;3-1-2-4/h8H,4-5H2,1-3H3;1-3H3;3-4H,1-2H2. The maximum Gasteiger partial charge on any atom is 0.226 e. The monoisotopic (exact) mass is 360 g/mol. The maximum absolute atomic E-state index is 11.1. The average Bonchev–Trinajstić information content (AvgIpc) is 2.34. The molecule has 0 radical (unpaired) electrons. The van der Waals surface area contributed by atoms with E-state index in [9.17, 15) is 9.59 Å². The molecular formula is C14H29ClO4S2. The normalized spacial score (nSPS) is 10.8. The number of thiol groups is 1. The highest BCUT2D eigenvalue weighted by molar-refractivity contribution is 8.13. The van der Waals surface area contributed by atoms with Crippen molar-refractivity contribution < 1.29 is 19.8 Å². The van der Waals surface area contributed by atoms with Crippen molar-refractivity contribution in [2.45, 2.75) is 41.5 Å². The second-order valence-electron chi connectivity index (χ2n) is 6.08. The zero-order chi connectivity index (χ0) is 17.7. The van der Waals surface area contributed by atoms with Gasteiger partial charge in [0, 0.05) is 22.3 Å². The van der Waals surface area contributed by atoms with Gasteiger partial charge in [0.1, 0.15) is 0 Å². The van der Waals surface area contributed by atoms with Gasteiger partial charge in [0.05, 0.1) is 13.2 Å². The fourth-order valence-electron chi connectivity index (χ4n) is 0.355. The fourth-order valence-corrected chi connectivity index (χ4v) is 1.06. The molecule has 0 aromatic carbocycles. The van der Waals surface area contributed by atoms with E-state index in [0.717, 1.165) is 0 Å². The molecule has 0 spiro atoms. The molecule has 0 aromatic heterocycles.